The molecule has 4 nitrogen and oxygen atoms in total. The summed E-state index contributed by atoms with van der Waals surface area (Å²) in [6, 6.07) is 5.71. The molecule has 0 aromatic heterocycles. The predicted octanol–water partition coefficient (Wildman–Crippen LogP) is 4.02. The molecule has 0 radical (unpaired) electrons. The van der Waals surface area contributed by atoms with E-state index in [0.29, 0.717) is 5.69 Å². The van der Waals surface area contributed by atoms with E-state index in [1.54, 1.807) is 6.07 Å². The molecule has 1 amide bonds. The molecule has 1 aliphatic heterocycles. The zero-order chi connectivity index (χ0) is 13.7. The predicted molar refractivity (Wildman–Crippen MR) is 76.1 cm³/mol. The van der Waals surface area contributed by atoms with Crippen molar-refractivity contribution in [1.82, 2.24) is 3.62 Å². The van der Waals surface area contributed by atoms with E-state index in [2.05, 4.69) is 42.0 Å². The van der Waals surface area contributed by atoms with Crippen molar-refractivity contribution < 1.29 is 9.90 Å². The van der Waals surface area contributed by atoms with Gasteiger partial charge in [-0.05, 0) is 17.9 Å². The molecule has 1 aromatic carbocycles. The van der Waals surface area contributed by atoms with Gasteiger partial charge in [0.15, 0.2) is 5.69 Å². The Hall–Kier alpha value is -1.20. The van der Waals surface area contributed by atoms with E-state index >= 15 is 0 Å². The number of fused-ring (bicyclic) bond motifs is 1. The third-order valence-electron chi connectivity index (χ3n) is 3.07. The van der Waals surface area contributed by atoms with Crippen LogP contribution in [0, 0.1) is 0 Å². The summed E-state index contributed by atoms with van der Waals surface area (Å²) in [6.45, 7) is 8.17. The number of halogens is 1. The van der Waals surface area contributed by atoms with Crippen LogP contribution in [-0.4, -0.2) is 16.9 Å². The minimum Gasteiger partial charge on any atom is -0.433 e. The van der Waals surface area contributed by atoms with Crippen LogP contribution in [0.1, 0.15) is 38.8 Å². The molecular weight excluding hydrogens is 296 g/mol. The van der Waals surface area contributed by atoms with Crippen LogP contribution in [0.25, 0.3) is 0 Å². The number of nitrogens with zero attached hydrogens (tertiary/aromatic N) is 2. The van der Waals surface area contributed by atoms with Gasteiger partial charge in [0.25, 0.3) is 16.1 Å². The zero-order valence-corrected chi connectivity index (χ0v) is 12.4. The van der Waals surface area contributed by atoms with E-state index in [-0.39, 0.29) is 5.41 Å². The molecule has 1 atom stereocenters. The van der Waals surface area contributed by atoms with Crippen LogP contribution in [0.2, 0.25) is 0 Å². The maximum absolute atomic E-state index is 11.4. The van der Waals surface area contributed by atoms with E-state index in [1.165, 1.54) is 0 Å². The molecule has 96 valence electrons. The zero-order valence-electron chi connectivity index (χ0n) is 10.9. The molecule has 18 heavy (non-hydrogen) atoms. The van der Waals surface area contributed by atoms with Gasteiger partial charge in [0.05, 0.1) is 5.56 Å². The molecule has 1 N–H and O–H groups in total. The molecule has 0 saturated heterocycles. The molecule has 0 saturated carbocycles. The van der Waals surface area contributed by atoms with Gasteiger partial charge >= 0.3 is 6.09 Å². The molecule has 1 heterocycles. The number of quaternary nitrogens is 1. The minimum absolute atomic E-state index is 0.0528. The fourth-order valence-corrected chi connectivity index (χ4v) is 2.78. The highest BCUT2D eigenvalue weighted by molar-refractivity contribution is 9.09. The summed E-state index contributed by atoms with van der Waals surface area (Å²) in [4.78, 5) is 11.4. The van der Waals surface area contributed by atoms with Crippen LogP contribution in [0.5, 0.6) is 0 Å². The largest absolute Gasteiger partial charge is 0.557 e. The average molecular weight is 312 g/mol. The summed E-state index contributed by atoms with van der Waals surface area (Å²) in [7, 11) is 0. The fraction of sp³-hybridized carbons (Fsp3) is 0.385. The van der Waals surface area contributed by atoms with Gasteiger partial charge < -0.3 is 5.11 Å². The number of benzene rings is 1. The molecular formula is C13H16BrN2O2+. The topological polar surface area (TPSA) is 49.7 Å². The van der Waals surface area contributed by atoms with Crippen molar-refractivity contribution in [2.24, 2.45) is 5.10 Å². The van der Waals surface area contributed by atoms with Crippen molar-refractivity contribution in [3.8, 4) is 0 Å². The van der Waals surface area contributed by atoms with Gasteiger partial charge in [-0.15, -0.1) is 0 Å². The number of rotatable bonds is 0. The van der Waals surface area contributed by atoms with E-state index in [9.17, 15) is 9.90 Å². The fourth-order valence-electron chi connectivity index (χ4n) is 2.25. The lowest BCUT2D eigenvalue weighted by atomic mass is 9.82. The van der Waals surface area contributed by atoms with Crippen LogP contribution >= 0.6 is 16.1 Å². The van der Waals surface area contributed by atoms with Crippen molar-refractivity contribution in [2.45, 2.75) is 33.1 Å². The molecule has 0 fully saturated rings. The third kappa shape index (κ3) is 1.78. The van der Waals surface area contributed by atoms with Gasteiger partial charge in [-0.2, -0.15) is 4.79 Å². The lowest BCUT2D eigenvalue weighted by Crippen LogP contribution is -2.36. The van der Waals surface area contributed by atoms with Crippen LogP contribution in [-0.2, 0) is 5.41 Å². The number of hydrogen-bond acceptors (Lipinski definition) is 2. The van der Waals surface area contributed by atoms with Gasteiger partial charge in [0.1, 0.15) is 5.71 Å². The minimum atomic E-state index is -1.04. The molecule has 5 heteroatoms. The molecule has 0 bridgehead atoms. The molecule has 2 rings (SSSR count). The van der Waals surface area contributed by atoms with Crippen molar-refractivity contribution in [1.29, 1.82) is 0 Å². The second-order valence-electron chi connectivity index (χ2n) is 5.47. The highest BCUT2D eigenvalue weighted by atomic mass is 79.9. The first-order valence-electron chi connectivity index (χ1n) is 5.71. The summed E-state index contributed by atoms with van der Waals surface area (Å²) in [5, 5.41) is 13.6. The van der Waals surface area contributed by atoms with Crippen LogP contribution in [0.4, 0.5) is 10.5 Å². The summed E-state index contributed by atoms with van der Waals surface area (Å²) < 4.78 is -0.599. The summed E-state index contributed by atoms with van der Waals surface area (Å²) in [5.74, 6) is 0. The monoisotopic (exact) mass is 311 g/mol. The molecule has 0 aliphatic carbocycles. The Kier molecular flexibility index (Phi) is 2.87. The summed E-state index contributed by atoms with van der Waals surface area (Å²) >= 11 is 3.20. The van der Waals surface area contributed by atoms with Gasteiger partial charge in [-0.1, -0.05) is 38.0 Å². The number of amides is 1. The highest BCUT2D eigenvalue weighted by Crippen LogP contribution is 2.43. The second-order valence-corrected chi connectivity index (χ2v) is 6.50. The lowest BCUT2D eigenvalue weighted by molar-refractivity contribution is 0.179. The van der Waals surface area contributed by atoms with E-state index in [1.807, 2.05) is 19.1 Å². The smallest absolute Gasteiger partial charge is 0.433 e. The van der Waals surface area contributed by atoms with Crippen LogP contribution in [0.15, 0.2) is 23.3 Å². The maximum Gasteiger partial charge on any atom is 0.557 e. The Bertz CT molecular complexity index is 561. The average Bonchev–Trinajstić information content (AvgIpc) is 2.51. The first-order chi connectivity index (χ1) is 8.18. The Balaban J connectivity index is 2.76. The molecule has 1 unspecified atom stereocenters. The maximum atomic E-state index is 11.4. The summed E-state index contributed by atoms with van der Waals surface area (Å²) in [5.41, 5.74) is 3.40. The summed E-state index contributed by atoms with van der Waals surface area (Å²) in [6.07, 6.45) is -1.04. The highest BCUT2D eigenvalue weighted by Gasteiger charge is 2.48. The van der Waals surface area contributed by atoms with E-state index in [4.69, 9.17) is 0 Å². The van der Waals surface area contributed by atoms with Crippen LogP contribution in [0.3, 0.4) is 0 Å². The van der Waals surface area contributed by atoms with Crippen molar-refractivity contribution in [3.05, 3.63) is 29.3 Å². The van der Waals surface area contributed by atoms with Gasteiger partial charge in [0.2, 0.25) is 0 Å². The van der Waals surface area contributed by atoms with Crippen molar-refractivity contribution >= 4 is 33.6 Å². The molecule has 1 aromatic rings. The molecule has 1 aliphatic rings. The van der Waals surface area contributed by atoms with E-state index in [0.717, 1.165) is 16.8 Å². The standard InChI is InChI=1S/C13H15BrN2O2/c1-8-11-9(13(2,3)4)6-5-7-10(11)16(14,15-8)12(17)18/h5-7H,1-4H3/p+1. The number of carboxylic acid groups (broad SMARTS) is 1. The van der Waals surface area contributed by atoms with Gasteiger partial charge in [0, 0.05) is 9.68 Å². The Morgan fingerprint density at radius 2 is 2.00 bits per heavy atom. The second kappa shape index (κ2) is 3.90. The normalized spacial score (nSPS) is 22.6. The first-order valence-corrected chi connectivity index (χ1v) is 6.42. The SMILES string of the molecule is CC1=N[N+](Br)(C(=O)O)c2cccc(C(C)(C)C)c21. The Morgan fingerprint density at radius 3 is 2.50 bits per heavy atom. The van der Waals surface area contributed by atoms with Gasteiger partial charge in [-0.3, -0.25) is 0 Å². The molecule has 0 spiro atoms. The third-order valence-corrected chi connectivity index (χ3v) is 3.92. The van der Waals surface area contributed by atoms with Crippen molar-refractivity contribution in [2.75, 3.05) is 0 Å². The van der Waals surface area contributed by atoms with E-state index < -0.39 is 9.71 Å². The van der Waals surface area contributed by atoms with Gasteiger partial charge in [-0.25, -0.2) is 0 Å². The number of hydrogen-bond donors (Lipinski definition) is 1. The Labute approximate surface area is 115 Å². The van der Waals surface area contributed by atoms with Crippen molar-refractivity contribution in [3.63, 3.8) is 0 Å². The lowest BCUT2D eigenvalue weighted by Gasteiger charge is -2.22. The Morgan fingerprint density at radius 1 is 1.39 bits per heavy atom. The van der Waals surface area contributed by atoms with Crippen LogP contribution < -0.4 is 3.62 Å². The first kappa shape index (κ1) is 13.2. The number of carbonyl (C=O) groups is 1. The quantitative estimate of drug-likeness (QED) is 0.736.